The number of rotatable bonds is 2. The second-order valence-electron chi connectivity index (χ2n) is 3.55. The SMILES string of the molecule is CC(C)c1[nH]nc2ncc(C=O)cc12. The van der Waals surface area contributed by atoms with Crippen LogP contribution in [0.4, 0.5) is 0 Å². The molecule has 2 rings (SSSR count). The van der Waals surface area contributed by atoms with Gasteiger partial charge in [-0.3, -0.25) is 9.89 Å². The molecule has 0 aliphatic carbocycles. The fourth-order valence-electron chi connectivity index (χ4n) is 1.44. The fraction of sp³-hybridized carbons (Fsp3) is 0.300. The number of aldehydes is 1. The molecule has 4 nitrogen and oxygen atoms in total. The van der Waals surface area contributed by atoms with Crippen molar-refractivity contribution >= 4 is 17.3 Å². The first kappa shape index (κ1) is 8.87. The average molecular weight is 189 g/mol. The van der Waals surface area contributed by atoms with Crippen molar-refractivity contribution in [1.82, 2.24) is 15.2 Å². The van der Waals surface area contributed by atoms with Gasteiger partial charge in [-0.25, -0.2) is 4.98 Å². The summed E-state index contributed by atoms with van der Waals surface area (Å²) in [6, 6.07) is 1.81. The van der Waals surface area contributed by atoms with Gasteiger partial charge >= 0.3 is 0 Å². The Balaban J connectivity index is 2.69. The van der Waals surface area contributed by atoms with Crippen molar-refractivity contribution in [3.63, 3.8) is 0 Å². The minimum Gasteiger partial charge on any atom is -0.298 e. The maximum atomic E-state index is 10.6. The summed E-state index contributed by atoms with van der Waals surface area (Å²) in [5, 5.41) is 7.93. The summed E-state index contributed by atoms with van der Waals surface area (Å²) in [6.45, 7) is 4.14. The number of hydrogen-bond acceptors (Lipinski definition) is 3. The van der Waals surface area contributed by atoms with Crippen molar-refractivity contribution < 1.29 is 4.79 Å². The van der Waals surface area contributed by atoms with Gasteiger partial charge in [0, 0.05) is 22.8 Å². The van der Waals surface area contributed by atoms with E-state index in [1.165, 1.54) is 6.20 Å². The molecule has 0 unspecified atom stereocenters. The number of pyridine rings is 1. The third-order valence-electron chi connectivity index (χ3n) is 2.17. The Bertz CT molecular complexity index is 473. The molecule has 0 saturated heterocycles. The van der Waals surface area contributed by atoms with E-state index in [1.54, 1.807) is 0 Å². The van der Waals surface area contributed by atoms with Gasteiger partial charge in [-0.1, -0.05) is 13.8 Å². The van der Waals surface area contributed by atoms with Crippen molar-refractivity contribution in [2.75, 3.05) is 0 Å². The zero-order valence-corrected chi connectivity index (χ0v) is 8.11. The van der Waals surface area contributed by atoms with Crippen LogP contribution in [-0.4, -0.2) is 21.5 Å². The Kier molecular flexibility index (Phi) is 2.04. The molecule has 0 amide bonds. The van der Waals surface area contributed by atoms with Crippen LogP contribution in [0.15, 0.2) is 12.3 Å². The molecule has 0 fully saturated rings. The molecule has 72 valence electrons. The zero-order valence-electron chi connectivity index (χ0n) is 8.11. The molecule has 2 aromatic rings. The highest BCUT2D eigenvalue weighted by molar-refractivity contribution is 5.85. The number of H-pyrrole nitrogens is 1. The Morgan fingerprint density at radius 2 is 2.29 bits per heavy atom. The molecule has 2 heterocycles. The summed E-state index contributed by atoms with van der Waals surface area (Å²) < 4.78 is 0. The number of hydrogen-bond donors (Lipinski definition) is 1. The standard InChI is InChI=1S/C10H11N3O/c1-6(2)9-8-3-7(5-14)4-11-10(8)13-12-9/h3-6H,1-2H3,(H,11,12,13). The molecule has 0 aliphatic rings. The zero-order chi connectivity index (χ0) is 10.1. The predicted molar refractivity (Wildman–Crippen MR) is 53.4 cm³/mol. The summed E-state index contributed by atoms with van der Waals surface area (Å²) in [5.41, 5.74) is 2.27. The molecule has 14 heavy (non-hydrogen) atoms. The number of aromatic nitrogens is 3. The Morgan fingerprint density at radius 1 is 1.50 bits per heavy atom. The first-order chi connectivity index (χ1) is 6.72. The van der Waals surface area contributed by atoms with Crippen molar-refractivity contribution in [1.29, 1.82) is 0 Å². The number of nitrogens with one attached hydrogen (secondary N) is 1. The van der Waals surface area contributed by atoms with Crippen molar-refractivity contribution in [3.05, 3.63) is 23.5 Å². The highest BCUT2D eigenvalue weighted by atomic mass is 16.1. The molecular weight excluding hydrogens is 178 g/mol. The quantitative estimate of drug-likeness (QED) is 0.734. The molecule has 0 saturated carbocycles. The Hall–Kier alpha value is -1.71. The normalized spacial score (nSPS) is 11.1. The maximum Gasteiger partial charge on any atom is 0.181 e. The summed E-state index contributed by atoms with van der Waals surface area (Å²) in [6.07, 6.45) is 2.32. The van der Waals surface area contributed by atoms with Crippen molar-refractivity contribution in [2.45, 2.75) is 19.8 Å². The summed E-state index contributed by atoms with van der Waals surface area (Å²) in [5.74, 6) is 0.351. The molecule has 4 heteroatoms. The van der Waals surface area contributed by atoms with E-state index in [2.05, 4.69) is 29.0 Å². The van der Waals surface area contributed by atoms with Crippen molar-refractivity contribution in [3.8, 4) is 0 Å². The molecule has 1 N–H and O–H groups in total. The third kappa shape index (κ3) is 1.28. The van der Waals surface area contributed by atoms with Gasteiger partial charge in [-0.2, -0.15) is 5.10 Å². The van der Waals surface area contributed by atoms with Crippen LogP contribution in [0.5, 0.6) is 0 Å². The maximum absolute atomic E-state index is 10.6. The van der Waals surface area contributed by atoms with E-state index in [0.717, 1.165) is 17.4 Å². The van der Waals surface area contributed by atoms with Gasteiger partial charge in [-0.05, 0) is 12.0 Å². The van der Waals surface area contributed by atoms with Crippen LogP contribution in [-0.2, 0) is 0 Å². The van der Waals surface area contributed by atoms with E-state index in [9.17, 15) is 4.79 Å². The van der Waals surface area contributed by atoms with Crippen LogP contribution in [0, 0.1) is 0 Å². The van der Waals surface area contributed by atoms with Gasteiger partial charge < -0.3 is 0 Å². The van der Waals surface area contributed by atoms with Gasteiger partial charge in [-0.15, -0.1) is 0 Å². The minimum atomic E-state index is 0.351. The van der Waals surface area contributed by atoms with Gasteiger partial charge in [0.15, 0.2) is 11.9 Å². The number of nitrogens with zero attached hydrogens (tertiary/aromatic N) is 2. The van der Waals surface area contributed by atoms with Crippen molar-refractivity contribution in [2.24, 2.45) is 0 Å². The predicted octanol–water partition coefficient (Wildman–Crippen LogP) is 1.89. The number of carbonyl (C=O) groups excluding carboxylic acids is 1. The second-order valence-corrected chi connectivity index (χ2v) is 3.55. The van der Waals surface area contributed by atoms with E-state index >= 15 is 0 Å². The lowest BCUT2D eigenvalue weighted by molar-refractivity contribution is 0.112. The van der Waals surface area contributed by atoms with Gasteiger partial charge in [0.05, 0.1) is 0 Å². The van der Waals surface area contributed by atoms with Gasteiger partial charge in [0.25, 0.3) is 0 Å². The van der Waals surface area contributed by atoms with Crippen LogP contribution < -0.4 is 0 Å². The van der Waals surface area contributed by atoms with Crippen LogP contribution in [0.25, 0.3) is 11.0 Å². The van der Waals surface area contributed by atoms with Crippen LogP contribution >= 0.6 is 0 Å². The minimum absolute atomic E-state index is 0.351. The lowest BCUT2D eigenvalue weighted by Gasteiger charge is -2.00. The Morgan fingerprint density at radius 3 is 2.93 bits per heavy atom. The molecule has 0 radical (unpaired) electrons. The van der Waals surface area contributed by atoms with Crippen LogP contribution in [0.1, 0.15) is 35.8 Å². The van der Waals surface area contributed by atoms with E-state index in [1.807, 2.05) is 6.07 Å². The fourth-order valence-corrected chi connectivity index (χ4v) is 1.44. The van der Waals surface area contributed by atoms with Gasteiger partial charge in [0.1, 0.15) is 0 Å². The molecule has 0 atom stereocenters. The molecule has 0 bridgehead atoms. The number of carbonyl (C=O) groups is 1. The van der Waals surface area contributed by atoms with E-state index in [-0.39, 0.29) is 0 Å². The number of aromatic amines is 1. The molecule has 0 aliphatic heterocycles. The smallest absolute Gasteiger partial charge is 0.181 e. The lowest BCUT2D eigenvalue weighted by atomic mass is 10.1. The van der Waals surface area contributed by atoms with Crippen LogP contribution in [0.2, 0.25) is 0 Å². The topological polar surface area (TPSA) is 58.6 Å². The summed E-state index contributed by atoms with van der Waals surface area (Å²) >= 11 is 0. The van der Waals surface area contributed by atoms with Crippen LogP contribution in [0.3, 0.4) is 0 Å². The Labute approximate surface area is 81.4 Å². The average Bonchev–Trinajstić information content (AvgIpc) is 2.59. The van der Waals surface area contributed by atoms with Gasteiger partial charge in [0.2, 0.25) is 0 Å². The van der Waals surface area contributed by atoms with E-state index in [0.29, 0.717) is 17.1 Å². The third-order valence-corrected chi connectivity index (χ3v) is 2.17. The first-order valence-corrected chi connectivity index (χ1v) is 4.51. The first-order valence-electron chi connectivity index (χ1n) is 4.51. The van der Waals surface area contributed by atoms with E-state index < -0.39 is 0 Å². The van der Waals surface area contributed by atoms with E-state index in [4.69, 9.17) is 0 Å². The largest absolute Gasteiger partial charge is 0.298 e. The molecular formula is C10H11N3O. The monoisotopic (exact) mass is 189 g/mol. The lowest BCUT2D eigenvalue weighted by Crippen LogP contribution is -1.89. The second kappa shape index (κ2) is 3.21. The molecule has 0 spiro atoms. The number of fused-ring (bicyclic) bond motifs is 1. The highest BCUT2D eigenvalue weighted by Crippen LogP contribution is 2.21. The summed E-state index contributed by atoms with van der Waals surface area (Å²) in [7, 11) is 0. The highest BCUT2D eigenvalue weighted by Gasteiger charge is 2.09. The molecule has 2 aromatic heterocycles. The molecule has 0 aromatic carbocycles. The summed E-state index contributed by atoms with van der Waals surface area (Å²) in [4.78, 5) is 14.7.